The van der Waals surface area contributed by atoms with Crippen LogP contribution in [0.1, 0.15) is 41.0 Å². The molecule has 0 aliphatic carbocycles. The first-order chi connectivity index (χ1) is 14.5. The molecule has 158 valence electrons. The largest absolute Gasteiger partial charge is 0.349 e. The highest BCUT2D eigenvalue weighted by molar-refractivity contribution is 5.93. The standard InChI is InChI=1S/C20H21F3N6O/c1-12(13-3-2-4-14(17(13)21)18(22)23)26-20-25-6-5-16-27-15(11-29(16)20)19(30)28-9-7-24-8-10-28/h2-6,11-12,18,24H,7-10H2,1H3,(H,25,26)/t12-/m1/s1. The molecule has 0 spiro atoms. The molecule has 1 aliphatic heterocycles. The van der Waals surface area contributed by atoms with Crippen molar-refractivity contribution in [3.8, 4) is 0 Å². The van der Waals surface area contributed by atoms with Crippen LogP contribution in [0.3, 0.4) is 0 Å². The Hall–Kier alpha value is -3.14. The number of alkyl halides is 2. The molecule has 7 nitrogen and oxygen atoms in total. The molecule has 2 N–H and O–H groups in total. The fraction of sp³-hybridized carbons (Fsp3) is 0.350. The van der Waals surface area contributed by atoms with Crippen LogP contribution < -0.4 is 10.6 Å². The number of hydrogen-bond donors (Lipinski definition) is 2. The summed E-state index contributed by atoms with van der Waals surface area (Å²) in [6.07, 6.45) is 0.196. The normalized spacial score (nSPS) is 15.6. The van der Waals surface area contributed by atoms with Gasteiger partial charge in [-0.2, -0.15) is 0 Å². The van der Waals surface area contributed by atoms with Crippen LogP contribution in [0, 0.1) is 5.82 Å². The molecule has 10 heteroatoms. The third kappa shape index (κ3) is 3.82. The molecular formula is C20H21F3N6O. The first-order valence-corrected chi connectivity index (χ1v) is 9.63. The minimum atomic E-state index is -2.90. The van der Waals surface area contributed by atoms with E-state index in [0.29, 0.717) is 24.7 Å². The van der Waals surface area contributed by atoms with Gasteiger partial charge in [-0.15, -0.1) is 0 Å². The summed E-state index contributed by atoms with van der Waals surface area (Å²) in [5.74, 6) is -0.788. The second kappa shape index (κ2) is 8.31. The highest BCUT2D eigenvalue weighted by atomic mass is 19.3. The molecule has 1 saturated heterocycles. The summed E-state index contributed by atoms with van der Waals surface area (Å²) in [6, 6.07) is 4.93. The monoisotopic (exact) mass is 418 g/mol. The molecule has 1 amide bonds. The van der Waals surface area contributed by atoms with Crippen molar-refractivity contribution in [1.82, 2.24) is 24.6 Å². The van der Waals surface area contributed by atoms with Crippen molar-refractivity contribution in [2.24, 2.45) is 0 Å². The average molecular weight is 418 g/mol. The molecule has 30 heavy (non-hydrogen) atoms. The van der Waals surface area contributed by atoms with E-state index in [0.717, 1.165) is 19.2 Å². The molecule has 0 unspecified atom stereocenters. The summed E-state index contributed by atoms with van der Waals surface area (Å²) in [4.78, 5) is 23.1. The fourth-order valence-corrected chi connectivity index (χ4v) is 3.50. The van der Waals surface area contributed by atoms with Gasteiger partial charge < -0.3 is 15.5 Å². The predicted octanol–water partition coefficient (Wildman–Crippen LogP) is 3.02. The van der Waals surface area contributed by atoms with Crippen molar-refractivity contribution >= 4 is 17.5 Å². The lowest BCUT2D eigenvalue weighted by molar-refractivity contribution is 0.0730. The van der Waals surface area contributed by atoms with E-state index in [4.69, 9.17) is 0 Å². The number of anilines is 1. The van der Waals surface area contributed by atoms with Crippen LogP contribution in [0.2, 0.25) is 0 Å². The number of piperazine rings is 1. The maximum Gasteiger partial charge on any atom is 0.274 e. The van der Waals surface area contributed by atoms with E-state index < -0.39 is 23.8 Å². The SMILES string of the molecule is C[C@@H](Nc1nccc2nc(C(=O)N3CCNCC3)cn12)c1cccc(C(F)F)c1F. The molecule has 1 atom stereocenters. The zero-order chi connectivity index (χ0) is 21.3. The maximum atomic E-state index is 14.5. The van der Waals surface area contributed by atoms with Crippen LogP contribution in [-0.2, 0) is 0 Å². The molecule has 1 fully saturated rings. The summed E-state index contributed by atoms with van der Waals surface area (Å²) < 4.78 is 42.1. The van der Waals surface area contributed by atoms with Crippen molar-refractivity contribution in [3.63, 3.8) is 0 Å². The molecular weight excluding hydrogens is 397 g/mol. The summed E-state index contributed by atoms with van der Waals surface area (Å²) in [7, 11) is 0. The van der Waals surface area contributed by atoms with E-state index in [1.54, 1.807) is 28.5 Å². The number of carbonyl (C=O) groups is 1. The minimum Gasteiger partial charge on any atom is -0.349 e. The number of fused-ring (bicyclic) bond motifs is 1. The van der Waals surface area contributed by atoms with Crippen molar-refractivity contribution in [1.29, 1.82) is 0 Å². The zero-order valence-electron chi connectivity index (χ0n) is 16.3. The quantitative estimate of drug-likeness (QED) is 0.666. The van der Waals surface area contributed by atoms with Gasteiger partial charge in [0.05, 0.1) is 11.6 Å². The predicted molar refractivity (Wildman–Crippen MR) is 105 cm³/mol. The molecule has 4 rings (SSSR count). The van der Waals surface area contributed by atoms with Crippen LogP contribution >= 0.6 is 0 Å². The highest BCUT2D eigenvalue weighted by Gasteiger charge is 2.23. The number of carbonyl (C=O) groups excluding carboxylic acids is 1. The number of amides is 1. The van der Waals surface area contributed by atoms with Gasteiger partial charge in [0.1, 0.15) is 17.2 Å². The topological polar surface area (TPSA) is 74.6 Å². The molecule has 3 aromatic rings. The first kappa shape index (κ1) is 20.1. The van der Waals surface area contributed by atoms with Crippen molar-refractivity contribution < 1.29 is 18.0 Å². The van der Waals surface area contributed by atoms with E-state index in [9.17, 15) is 18.0 Å². The van der Waals surface area contributed by atoms with Gasteiger partial charge in [-0.05, 0) is 13.0 Å². The van der Waals surface area contributed by atoms with Gasteiger partial charge in [-0.25, -0.2) is 23.1 Å². The number of benzene rings is 1. The molecule has 0 saturated carbocycles. The molecule has 1 aromatic carbocycles. The molecule has 3 heterocycles. The number of nitrogens with one attached hydrogen (secondary N) is 2. The van der Waals surface area contributed by atoms with Gasteiger partial charge in [0.25, 0.3) is 12.3 Å². The third-order valence-corrected chi connectivity index (χ3v) is 5.11. The van der Waals surface area contributed by atoms with E-state index in [1.807, 2.05) is 0 Å². The lowest BCUT2D eigenvalue weighted by Crippen LogP contribution is -2.46. The summed E-state index contributed by atoms with van der Waals surface area (Å²) >= 11 is 0. The van der Waals surface area contributed by atoms with Crippen molar-refractivity contribution in [3.05, 3.63) is 59.3 Å². The van der Waals surface area contributed by atoms with Gasteiger partial charge in [-0.3, -0.25) is 9.20 Å². The third-order valence-electron chi connectivity index (χ3n) is 5.11. The lowest BCUT2D eigenvalue weighted by atomic mass is 10.0. The van der Waals surface area contributed by atoms with Gasteiger partial charge in [0.2, 0.25) is 5.95 Å². The highest BCUT2D eigenvalue weighted by Crippen LogP contribution is 2.28. The van der Waals surface area contributed by atoms with Crippen molar-refractivity contribution in [2.45, 2.75) is 19.4 Å². The summed E-state index contributed by atoms with van der Waals surface area (Å²) in [5.41, 5.74) is 0.245. The second-order valence-corrected chi connectivity index (χ2v) is 7.08. The Morgan fingerprint density at radius 3 is 2.67 bits per heavy atom. The number of imidazole rings is 1. The Bertz CT molecular complexity index is 1060. The fourth-order valence-electron chi connectivity index (χ4n) is 3.50. The van der Waals surface area contributed by atoms with Crippen molar-refractivity contribution in [2.75, 3.05) is 31.5 Å². The Morgan fingerprint density at radius 2 is 1.93 bits per heavy atom. The number of halogens is 3. The Kier molecular flexibility index (Phi) is 5.58. The van der Waals surface area contributed by atoms with Crippen LogP contribution in [0.15, 0.2) is 36.7 Å². The number of aromatic nitrogens is 3. The molecule has 0 bridgehead atoms. The second-order valence-electron chi connectivity index (χ2n) is 7.08. The Morgan fingerprint density at radius 1 is 1.20 bits per heavy atom. The summed E-state index contributed by atoms with van der Waals surface area (Å²) in [6.45, 7) is 4.32. The molecule has 0 radical (unpaired) electrons. The van der Waals surface area contributed by atoms with Crippen LogP contribution in [0.25, 0.3) is 5.65 Å². The summed E-state index contributed by atoms with van der Waals surface area (Å²) in [5, 5.41) is 6.22. The van der Waals surface area contributed by atoms with Crippen LogP contribution in [0.4, 0.5) is 19.1 Å². The van der Waals surface area contributed by atoms with E-state index in [2.05, 4.69) is 20.6 Å². The number of rotatable bonds is 5. The Labute approximate surface area is 170 Å². The van der Waals surface area contributed by atoms with Gasteiger partial charge in [-0.1, -0.05) is 18.2 Å². The molecule has 1 aliphatic rings. The molecule has 2 aromatic heterocycles. The minimum absolute atomic E-state index is 0.101. The first-order valence-electron chi connectivity index (χ1n) is 9.63. The van der Waals surface area contributed by atoms with Gasteiger partial charge in [0, 0.05) is 44.1 Å². The van der Waals surface area contributed by atoms with Crippen LogP contribution in [0.5, 0.6) is 0 Å². The maximum absolute atomic E-state index is 14.5. The Balaban J connectivity index is 1.61. The lowest BCUT2D eigenvalue weighted by Gasteiger charge is -2.26. The van der Waals surface area contributed by atoms with E-state index >= 15 is 0 Å². The van der Waals surface area contributed by atoms with Gasteiger partial charge in [0.15, 0.2) is 0 Å². The van der Waals surface area contributed by atoms with E-state index in [-0.39, 0.29) is 17.2 Å². The number of nitrogens with zero attached hydrogens (tertiary/aromatic N) is 4. The van der Waals surface area contributed by atoms with E-state index in [1.165, 1.54) is 18.3 Å². The smallest absolute Gasteiger partial charge is 0.274 e. The van der Waals surface area contributed by atoms with Gasteiger partial charge >= 0.3 is 0 Å². The average Bonchev–Trinajstić information content (AvgIpc) is 3.19. The number of hydrogen-bond acceptors (Lipinski definition) is 5. The zero-order valence-corrected chi connectivity index (χ0v) is 16.3. The van der Waals surface area contributed by atoms with Crippen LogP contribution in [-0.4, -0.2) is 51.4 Å².